The molecule has 0 saturated carbocycles. The van der Waals surface area contributed by atoms with E-state index in [4.69, 9.17) is 24.4 Å². The third-order valence-corrected chi connectivity index (χ3v) is 11.2. The zero-order valence-electron chi connectivity index (χ0n) is 31.6. The van der Waals surface area contributed by atoms with E-state index in [1.54, 1.807) is 0 Å². The third-order valence-electron chi connectivity index (χ3n) is 11.2. The Morgan fingerprint density at radius 1 is 0.356 bits per heavy atom. The molecule has 0 atom stereocenters. The molecule has 0 aliphatic heterocycles. The molecule has 276 valence electrons. The topological polar surface area (TPSA) is 74.6 Å². The monoisotopic (exact) mass is 756 g/mol. The molecule has 0 unspecified atom stereocenters. The van der Waals surface area contributed by atoms with E-state index < -0.39 is 0 Å². The minimum absolute atomic E-state index is 0.553. The van der Waals surface area contributed by atoms with E-state index in [0.717, 1.165) is 88.8 Å². The summed E-state index contributed by atoms with van der Waals surface area (Å²) in [6.07, 6.45) is 0. The smallest absolute Gasteiger partial charge is 0.164 e. The molecule has 0 bridgehead atoms. The summed E-state index contributed by atoms with van der Waals surface area (Å²) in [5, 5.41) is 4.21. The van der Waals surface area contributed by atoms with Gasteiger partial charge in [0.05, 0.1) is 22.1 Å². The van der Waals surface area contributed by atoms with Crippen molar-refractivity contribution in [3.63, 3.8) is 0 Å². The first-order chi connectivity index (χ1) is 29.3. The number of hydrogen-bond acceptors (Lipinski definition) is 5. The Kier molecular flexibility index (Phi) is 7.40. The van der Waals surface area contributed by atoms with Crippen molar-refractivity contribution in [3.05, 3.63) is 194 Å². The maximum atomic E-state index is 6.65. The fourth-order valence-corrected chi connectivity index (χ4v) is 8.59. The van der Waals surface area contributed by atoms with E-state index in [9.17, 15) is 0 Å². The summed E-state index contributed by atoms with van der Waals surface area (Å²) in [5.41, 5.74) is 11.4. The van der Waals surface area contributed by atoms with Crippen molar-refractivity contribution in [2.75, 3.05) is 0 Å². The first-order valence-electron chi connectivity index (χ1n) is 19.7. The van der Waals surface area contributed by atoms with Crippen LogP contribution in [0.15, 0.2) is 199 Å². The lowest BCUT2D eigenvalue weighted by Gasteiger charge is -2.12. The molecule has 4 aromatic heterocycles. The summed E-state index contributed by atoms with van der Waals surface area (Å²) in [6, 6.07) is 66.6. The Labute approximate surface area is 338 Å². The number of imidazole rings is 1. The number of para-hydroxylation sites is 5. The van der Waals surface area contributed by atoms with Crippen molar-refractivity contribution in [3.8, 4) is 56.9 Å². The second kappa shape index (κ2) is 13.2. The number of hydrogen-bond donors (Lipinski definition) is 0. The number of fused-ring (bicyclic) bond motifs is 7. The molecule has 0 radical (unpaired) electrons. The molecular weight excluding hydrogens is 725 g/mol. The van der Waals surface area contributed by atoms with Crippen LogP contribution in [0.4, 0.5) is 0 Å². The largest absolute Gasteiger partial charge is 0.456 e. The lowest BCUT2D eigenvalue weighted by molar-refractivity contribution is 0.669. The van der Waals surface area contributed by atoms with E-state index in [1.807, 2.05) is 72.8 Å². The maximum Gasteiger partial charge on any atom is 0.164 e. The van der Waals surface area contributed by atoms with Crippen LogP contribution < -0.4 is 0 Å². The van der Waals surface area contributed by atoms with Gasteiger partial charge in [-0.05, 0) is 60.7 Å². The van der Waals surface area contributed by atoms with Crippen LogP contribution in [0.25, 0.3) is 112 Å². The molecule has 7 heteroatoms. The van der Waals surface area contributed by atoms with Gasteiger partial charge in [-0.15, -0.1) is 0 Å². The molecule has 0 aliphatic rings. The molecule has 0 N–H and O–H groups in total. The van der Waals surface area contributed by atoms with Gasteiger partial charge in [0, 0.05) is 55.2 Å². The summed E-state index contributed by atoms with van der Waals surface area (Å²) in [5.74, 6) is 2.54. The molecule has 12 aromatic rings. The average Bonchev–Trinajstić information content (AvgIpc) is 3.99. The van der Waals surface area contributed by atoms with Crippen molar-refractivity contribution >= 4 is 54.8 Å². The van der Waals surface area contributed by atoms with Crippen LogP contribution in [0.5, 0.6) is 0 Å². The highest BCUT2D eigenvalue weighted by molar-refractivity contribution is 6.17. The zero-order valence-corrected chi connectivity index (χ0v) is 31.6. The fraction of sp³-hybridized carbons (Fsp3) is 0. The fourth-order valence-electron chi connectivity index (χ4n) is 8.59. The zero-order chi connectivity index (χ0) is 38.9. The predicted octanol–water partition coefficient (Wildman–Crippen LogP) is 12.9. The van der Waals surface area contributed by atoms with Crippen LogP contribution in [0.3, 0.4) is 0 Å². The van der Waals surface area contributed by atoms with Gasteiger partial charge in [0.15, 0.2) is 17.5 Å². The van der Waals surface area contributed by atoms with Gasteiger partial charge >= 0.3 is 0 Å². The van der Waals surface area contributed by atoms with Gasteiger partial charge in [0.2, 0.25) is 0 Å². The molecule has 4 heterocycles. The maximum absolute atomic E-state index is 6.65. The highest BCUT2D eigenvalue weighted by Gasteiger charge is 2.23. The molecule has 12 rings (SSSR count). The molecule has 0 fully saturated rings. The van der Waals surface area contributed by atoms with Crippen molar-refractivity contribution in [1.29, 1.82) is 0 Å². The Bertz CT molecular complexity index is 3550. The Hall–Kier alpha value is -8.16. The number of rotatable bonds is 6. The highest BCUT2D eigenvalue weighted by Crippen LogP contribution is 2.43. The molecule has 0 saturated heterocycles. The van der Waals surface area contributed by atoms with Crippen molar-refractivity contribution in [2.45, 2.75) is 0 Å². The normalized spacial score (nSPS) is 11.7. The van der Waals surface area contributed by atoms with Crippen LogP contribution in [0.1, 0.15) is 0 Å². The van der Waals surface area contributed by atoms with Crippen LogP contribution in [0.2, 0.25) is 0 Å². The summed E-state index contributed by atoms with van der Waals surface area (Å²) >= 11 is 0. The number of nitrogens with zero attached hydrogens (tertiary/aromatic N) is 6. The van der Waals surface area contributed by atoms with Crippen LogP contribution in [-0.2, 0) is 0 Å². The van der Waals surface area contributed by atoms with Gasteiger partial charge in [-0.2, -0.15) is 0 Å². The van der Waals surface area contributed by atoms with Crippen LogP contribution in [0, 0.1) is 0 Å². The summed E-state index contributed by atoms with van der Waals surface area (Å²) in [6.45, 7) is 0. The molecule has 0 spiro atoms. The van der Waals surface area contributed by atoms with E-state index >= 15 is 0 Å². The second-order valence-electron chi connectivity index (χ2n) is 14.6. The van der Waals surface area contributed by atoms with E-state index in [2.05, 4.69) is 130 Å². The number of furan rings is 1. The van der Waals surface area contributed by atoms with Crippen LogP contribution >= 0.6 is 0 Å². The second-order valence-corrected chi connectivity index (χ2v) is 14.6. The molecule has 0 amide bonds. The van der Waals surface area contributed by atoms with E-state index in [1.165, 1.54) is 5.39 Å². The summed E-state index contributed by atoms with van der Waals surface area (Å²) in [4.78, 5) is 20.9. The van der Waals surface area contributed by atoms with Crippen LogP contribution in [-0.4, -0.2) is 29.1 Å². The first-order valence-corrected chi connectivity index (χ1v) is 19.7. The lowest BCUT2D eigenvalue weighted by atomic mass is 10.0. The molecular formula is C52H32N6O. The van der Waals surface area contributed by atoms with E-state index in [0.29, 0.717) is 17.5 Å². The van der Waals surface area contributed by atoms with Gasteiger partial charge in [-0.3, -0.25) is 4.57 Å². The minimum atomic E-state index is 0.553. The molecule has 0 aliphatic carbocycles. The van der Waals surface area contributed by atoms with Crippen molar-refractivity contribution in [1.82, 2.24) is 29.1 Å². The standard InChI is InChI=1S/C52H32N6O/c1-4-16-33(17-5-1)49-54-50(34-30-31-38-37-22-10-12-26-42(37)57(44(38)32-34)35-18-6-2-7-19-35)56-51(55-49)39-23-14-28-45-47(39)48-40(24-15-29-46(48)59-45)52-53-41-25-11-13-27-43(41)58(52)36-20-8-3-9-21-36/h1-32H. The number of benzene rings is 8. The number of aromatic nitrogens is 6. The SMILES string of the molecule is c1ccc(-c2nc(-c3ccc4c5ccccc5n(-c5ccccc5)c4c3)nc(-c3cccc4oc5cccc(-c6nc7ccccc7n6-c6ccccc6)c5c34)n2)cc1. The summed E-state index contributed by atoms with van der Waals surface area (Å²) in [7, 11) is 0. The van der Waals surface area contributed by atoms with Gasteiger partial charge < -0.3 is 8.98 Å². The molecule has 59 heavy (non-hydrogen) atoms. The highest BCUT2D eigenvalue weighted by atomic mass is 16.3. The lowest BCUT2D eigenvalue weighted by Crippen LogP contribution is -2.01. The molecule has 8 aromatic carbocycles. The average molecular weight is 757 g/mol. The van der Waals surface area contributed by atoms with Gasteiger partial charge in [0.25, 0.3) is 0 Å². The summed E-state index contributed by atoms with van der Waals surface area (Å²) < 4.78 is 11.2. The van der Waals surface area contributed by atoms with Gasteiger partial charge in [-0.1, -0.05) is 133 Å². The Morgan fingerprint density at radius 3 is 1.66 bits per heavy atom. The first kappa shape index (κ1) is 33.0. The quantitative estimate of drug-likeness (QED) is 0.169. The Morgan fingerprint density at radius 2 is 0.915 bits per heavy atom. The van der Waals surface area contributed by atoms with Crippen molar-refractivity contribution < 1.29 is 4.42 Å². The third kappa shape index (κ3) is 5.29. The van der Waals surface area contributed by atoms with E-state index in [-0.39, 0.29) is 0 Å². The van der Waals surface area contributed by atoms with Gasteiger partial charge in [-0.25, -0.2) is 19.9 Å². The predicted molar refractivity (Wildman–Crippen MR) is 238 cm³/mol. The Balaban J connectivity index is 1.12. The van der Waals surface area contributed by atoms with Gasteiger partial charge in [0.1, 0.15) is 17.0 Å². The minimum Gasteiger partial charge on any atom is -0.456 e. The molecule has 7 nitrogen and oxygen atoms in total. The van der Waals surface area contributed by atoms with Crippen molar-refractivity contribution in [2.24, 2.45) is 0 Å².